The van der Waals surface area contributed by atoms with Crippen molar-refractivity contribution in [3.8, 4) is 0 Å². The van der Waals surface area contributed by atoms with Gasteiger partial charge in [0.1, 0.15) is 12.6 Å². The monoisotopic (exact) mass is 490 g/mol. The van der Waals surface area contributed by atoms with Crippen LogP contribution in [0.3, 0.4) is 0 Å². The van der Waals surface area contributed by atoms with Crippen LogP contribution in [0.2, 0.25) is 0 Å². The number of nitrogens with zero attached hydrogens (tertiary/aromatic N) is 1. The van der Waals surface area contributed by atoms with Crippen LogP contribution in [0.25, 0.3) is 0 Å². The zero-order chi connectivity index (χ0) is 24.4. The molecule has 0 aromatic heterocycles. The first kappa shape index (κ1) is 31.1. The van der Waals surface area contributed by atoms with E-state index >= 15 is 0 Å². The van der Waals surface area contributed by atoms with Crippen LogP contribution in [0.5, 0.6) is 0 Å². The standard InChI is InChI=1S/C27H56NO4P/c1-4-5-6-7-8-9-10-11-12-13-14-15-16-17-18-19-20-21-22-27(32-33(29,30)31)25-28(2,3)26-23-24-26/h26-27H,4-25H2,1-3H3,(H-,29,30,31)/p+1. The Balaban J connectivity index is 1.92. The van der Waals surface area contributed by atoms with Crippen LogP contribution in [0.4, 0.5) is 0 Å². The molecular weight excluding hydrogens is 433 g/mol. The van der Waals surface area contributed by atoms with Gasteiger partial charge in [-0.3, -0.25) is 4.52 Å². The number of hydrogen-bond acceptors (Lipinski definition) is 2. The fourth-order valence-electron chi connectivity index (χ4n) is 5.09. The molecule has 1 atom stereocenters. The lowest BCUT2D eigenvalue weighted by Gasteiger charge is -2.33. The molecule has 0 aliphatic heterocycles. The largest absolute Gasteiger partial charge is 0.470 e. The lowest BCUT2D eigenvalue weighted by molar-refractivity contribution is -0.903. The van der Waals surface area contributed by atoms with E-state index in [1.54, 1.807) is 0 Å². The first-order valence-electron chi connectivity index (χ1n) is 14.3. The molecule has 1 aliphatic rings. The van der Waals surface area contributed by atoms with Gasteiger partial charge in [0.15, 0.2) is 0 Å². The summed E-state index contributed by atoms with van der Waals surface area (Å²) in [6, 6.07) is 0.633. The second-order valence-corrected chi connectivity index (χ2v) is 12.4. The van der Waals surface area contributed by atoms with Gasteiger partial charge in [0.25, 0.3) is 0 Å². The van der Waals surface area contributed by atoms with E-state index in [1.165, 1.54) is 116 Å². The summed E-state index contributed by atoms with van der Waals surface area (Å²) in [6.45, 7) is 2.97. The summed E-state index contributed by atoms with van der Waals surface area (Å²) in [7, 11) is -0.109. The van der Waals surface area contributed by atoms with E-state index in [4.69, 9.17) is 4.52 Å². The molecule has 6 heteroatoms. The van der Waals surface area contributed by atoms with Crippen molar-refractivity contribution in [3.63, 3.8) is 0 Å². The zero-order valence-electron chi connectivity index (χ0n) is 22.3. The van der Waals surface area contributed by atoms with E-state index in [2.05, 4.69) is 21.0 Å². The lowest BCUT2D eigenvalue weighted by atomic mass is 10.0. The van der Waals surface area contributed by atoms with Crippen molar-refractivity contribution in [2.45, 2.75) is 154 Å². The third kappa shape index (κ3) is 19.0. The fraction of sp³-hybridized carbons (Fsp3) is 1.00. The topological polar surface area (TPSA) is 66.8 Å². The van der Waals surface area contributed by atoms with Crippen LogP contribution in [0, 0.1) is 0 Å². The second kappa shape index (κ2) is 18.4. The molecule has 1 aliphatic carbocycles. The molecule has 0 bridgehead atoms. The smallest absolute Gasteiger partial charge is 0.324 e. The number of likely N-dealkylation sites (N-methyl/N-ethyl adjacent to an activating group) is 1. The predicted octanol–water partition coefficient (Wildman–Crippen LogP) is 8.13. The molecule has 33 heavy (non-hydrogen) atoms. The molecule has 0 spiro atoms. The third-order valence-corrected chi connectivity index (χ3v) is 7.95. The molecule has 2 N–H and O–H groups in total. The Morgan fingerprint density at radius 3 is 1.42 bits per heavy atom. The van der Waals surface area contributed by atoms with Crippen molar-refractivity contribution in [1.82, 2.24) is 0 Å². The van der Waals surface area contributed by atoms with Crippen LogP contribution >= 0.6 is 7.82 Å². The molecule has 1 rings (SSSR count). The van der Waals surface area contributed by atoms with Gasteiger partial charge < -0.3 is 14.3 Å². The SMILES string of the molecule is CCCCCCCCCCCCCCCCCCCCC(C[N+](C)(C)C1CC1)OP(=O)(O)O. The van der Waals surface area contributed by atoms with E-state index in [0.717, 1.165) is 23.7 Å². The Morgan fingerprint density at radius 1 is 0.727 bits per heavy atom. The van der Waals surface area contributed by atoms with Gasteiger partial charge in [0, 0.05) is 12.8 Å². The number of quaternary nitrogens is 1. The molecule has 0 aromatic rings. The lowest BCUT2D eigenvalue weighted by Crippen LogP contribution is -2.47. The van der Waals surface area contributed by atoms with Crippen LogP contribution in [0.1, 0.15) is 142 Å². The highest BCUT2D eigenvalue weighted by atomic mass is 31.2. The van der Waals surface area contributed by atoms with Crippen molar-refractivity contribution in [3.05, 3.63) is 0 Å². The molecule has 1 saturated carbocycles. The Hall–Kier alpha value is 0.0700. The summed E-state index contributed by atoms with van der Waals surface area (Å²) in [4.78, 5) is 18.5. The Kier molecular flexibility index (Phi) is 17.3. The van der Waals surface area contributed by atoms with Gasteiger partial charge in [-0.05, 0) is 6.42 Å². The Morgan fingerprint density at radius 2 is 1.09 bits per heavy atom. The van der Waals surface area contributed by atoms with E-state index in [-0.39, 0.29) is 6.10 Å². The average molecular weight is 491 g/mol. The highest BCUT2D eigenvalue weighted by Gasteiger charge is 2.40. The summed E-state index contributed by atoms with van der Waals surface area (Å²) in [6.07, 6.45) is 27.1. The first-order valence-corrected chi connectivity index (χ1v) is 15.8. The van der Waals surface area contributed by atoms with Crippen molar-refractivity contribution >= 4 is 7.82 Å². The van der Waals surface area contributed by atoms with E-state index in [0.29, 0.717) is 12.6 Å². The highest BCUT2D eigenvalue weighted by molar-refractivity contribution is 7.46. The maximum Gasteiger partial charge on any atom is 0.470 e. The minimum absolute atomic E-state index is 0.345. The van der Waals surface area contributed by atoms with Crippen molar-refractivity contribution in [1.29, 1.82) is 0 Å². The normalized spacial score (nSPS) is 15.8. The van der Waals surface area contributed by atoms with Gasteiger partial charge in [-0.25, -0.2) is 4.57 Å². The number of hydrogen-bond donors (Lipinski definition) is 2. The van der Waals surface area contributed by atoms with E-state index in [9.17, 15) is 14.4 Å². The molecule has 198 valence electrons. The van der Waals surface area contributed by atoms with Crippen LogP contribution < -0.4 is 0 Å². The molecular formula is C27H57NO4P+. The van der Waals surface area contributed by atoms with Gasteiger partial charge in [0.05, 0.1) is 20.1 Å². The fourth-order valence-corrected chi connectivity index (χ4v) is 5.65. The van der Waals surface area contributed by atoms with Crippen LogP contribution in [-0.2, 0) is 9.09 Å². The van der Waals surface area contributed by atoms with Crippen molar-refractivity contribution in [2.24, 2.45) is 0 Å². The first-order chi connectivity index (χ1) is 15.7. The van der Waals surface area contributed by atoms with Crippen molar-refractivity contribution < 1.29 is 23.4 Å². The molecule has 0 heterocycles. The molecule has 0 saturated heterocycles. The minimum Gasteiger partial charge on any atom is -0.324 e. The molecule has 0 aromatic carbocycles. The average Bonchev–Trinajstić information content (AvgIpc) is 3.57. The number of unbranched alkanes of at least 4 members (excludes halogenated alkanes) is 17. The van der Waals surface area contributed by atoms with Crippen LogP contribution in [-0.4, -0.2) is 47.1 Å². The predicted molar refractivity (Wildman–Crippen MR) is 140 cm³/mol. The maximum absolute atomic E-state index is 11.4. The van der Waals surface area contributed by atoms with Gasteiger partial charge in [-0.2, -0.15) is 0 Å². The van der Waals surface area contributed by atoms with Gasteiger partial charge >= 0.3 is 7.82 Å². The highest BCUT2D eigenvalue weighted by Crippen LogP contribution is 2.40. The van der Waals surface area contributed by atoms with Gasteiger partial charge in [-0.1, -0.05) is 122 Å². The minimum atomic E-state index is -4.42. The molecule has 1 unspecified atom stereocenters. The summed E-state index contributed by atoms with van der Waals surface area (Å²) in [5, 5.41) is 0. The quantitative estimate of drug-likeness (QED) is 0.0814. The summed E-state index contributed by atoms with van der Waals surface area (Å²) >= 11 is 0. The second-order valence-electron chi connectivity index (χ2n) is 11.2. The summed E-state index contributed by atoms with van der Waals surface area (Å²) in [5.41, 5.74) is 0. The molecule has 0 radical (unpaired) electrons. The van der Waals surface area contributed by atoms with Crippen molar-refractivity contribution in [2.75, 3.05) is 20.6 Å². The summed E-state index contributed by atoms with van der Waals surface area (Å²) < 4.78 is 17.3. The maximum atomic E-state index is 11.4. The van der Waals surface area contributed by atoms with Gasteiger partial charge in [-0.15, -0.1) is 0 Å². The molecule has 0 amide bonds. The Bertz CT molecular complexity index is 504. The van der Waals surface area contributed by atoms with E-state index in [1.807, 2.05) is 0 Å². The Labute approximate surface area is 205 Å². The molecule has 5 nitrogen and oxygen atoms in total. The van der Waals surface area contributed by atoms with E-state index < -0.39 is 7.82 Å². The van der Waals surface area contributed by atoms with Crippen LogP contribution in [0.15, 0.2) is 0 Å². The number of phosphoric acid groups is 1. The summed E-state index contributed by atoms with van der Waals surface area (Å²) in [5.74, 6) is 0. The number of phosphoric ester groups is 1. The molecule has 1 fully saturated rings. The zero-order valence-corrected chi connectivity index (χ0v) is 23.2. The van der Waals surface area contributed by atoms with Gasteiger partial charge in [0.2, 0.25) is 0 Å². The third-order valence-electron chi connectivity index (χ3n) is 7.38. The number of rotatable bonds is 24.